The van der Waals surface area contributed by atoms with Gasteiger partial charge in [-0.2, -0.15) is 4.31 Å². The zero-order valence-electron chi connectivity index (χ0n) is 18.6. The molecule has 0 aliphatic carbocycles. The quantitative estimate of drug-likeness (QED) is 0.560. The molecule has 1 N–H and O–H groups in total. The first-order valence-electron chi connectivity index (χ1n) is 9.99. The molecule has 1 aromatic carbocycles. The Morgan fingerprint density at radius 2 is 1.84 bits per heavy atom. The van der Waals surface area contributed by atoms with Crippen molar-refractivity contribution >= 4 is 15.9 Å². The Morgan fingerprint density at radius 1 is 1.16 bits per heavy atom. The van der Waals surface area contributed by atoms with Crippen molar-refractivity contribution in [1.29, 1.82) is 0 Å². The standard InChI is InChI=1S/C22H31N3O5S/c1-17(16-29-5)20(21(26)24-30-22(2,3)4)25(15-18-10-9-13-23-14-18)31(27,28)19-11-7-6-8-12-19/h6-14,17,20H,15-16H2,1-5H3,(H,24,26)/t17?,20-/m1/s1. The van der Waals surface area contributed by atoms with Crippen molar-refractivity contribution in [3.8, 4) is 0 Å². The molecule has 0 saturated heterocycles. The van der Waals surface area contributed by atoms with Gasteiger partial charge in [0.25, 0.3) is 5.91 Å². The summed E-state index contributed by atoms with van der Waals surface area (Å²) in [5.74, 6) is -1.02. The molecule has 0 aliphatic rings. The number of nitrogens with zero attached hydrogens (tertiary/aromatic N) is 2. The number of sulfonamides is 1. The van der Waals surface area contributed by atoms with E-state index in [1.54, 1.807) is 70.4 Å². The number of rotatable bonds is 10. The average Bonchev–Trinajstić information content (AvgIpc) is 2.73. The zero-order chi connectivity index (χ0) is 23.1. The van der Waals surface area contributed by atoms with Gasteiger partial charge in [-0.05, 0) is 44.5 Å². The number of amides is 1. The van der Waals surface area contributed by atoms with E-state index in [1.807, 2.05) is 0 Å². The number of ether oxygens (including phenoxy) is 1. The number of hydrogen-bond acceptors (Lipinski definition) is 6. The number of carbonyl (C=O) groups excluding carboxylic acids is 1. The lowest BCUT2D eigenvalue weighted by molar-refractivity contribution is -0.151. The van der Waals surface area contributed by atoms with Gasteiger partial charge in [0, 0.05) is 32.0 Å². The van der Waals surface area contributed by atoms with Gasteiger partial charge in [-0.15, -0.1) is 0 Å². The van der Waals surface area contributed by atoms with Crippen molar-refractivity contribution in [2.45, 2.75) is 50.8 Å². The fourth-order valence-electron chi connectivity index (χ4n) is 3.02. The highest BCUT2D eigenvalue weighted by Gasteiger charge is 2.40. The number of benzene rings is 1. The van der Waals surface area contributed by atoms with E-state index in [0.29, 0.717) is 5.56 Å². The number of aromatic nitrogens is 1. The Kier molecular flexibility index (Phi) is 8.69. The number of pyridine rings is 1. The number of nitrogens with one attached hydrogen (secondary N) is 1. The van der Waals surface area contributed by atoms with Crippen molar-refractivity contribution in [2.24, 2.45) is 5.92 Å². The summed E-state index contributed by atoms with van der Waals surface area (Å²) in [6.45, 7) is 7.27. The van der Waals surface area contributed by atoms with Gasteiger partial charge < -0.3 is 4.74 Å². The molecule has 2 atom stereocenters. The molecular formula is C22H31N3O5S. The molecule has 0 bridgehead atoms. The normalized spacial score (nSPS) is 14.3. The van der Waals surface area contributed by atoms with Gasteiger partial charge in [-0.25, -0.2) is 13.9 Å². The summed E-state index contributed by atoms with van der Waals surface area (Å²) in [5.41, 5.74) is 2.45. The maximum atomic E-state index is 13.6. The lowest BCUT2D eigenvalue weighted by Crippen LogP contribution is -2.54. The van der Waals surface area contributed by atoms with Crippen LogP contribution in [-0.2, 0) is 30.9 Å². The first-order valence-corrected chi connectivity index (χ1v) is 11.4. The molecule has 9 heteroatoms. The summed E-state index contributed by atoms with van der Waals surface area (Å²) in [4.78, 5) is 22.8. The smallest absolute Gasteiger partial charge is 0.262 e. The minimum atomic E-state index is -4.03. The highest BCUT2D eigenvalue weighted by molar-refractivity contribution is 7.89. The molecule has 1 heterocycles. The maximum absolute atomic E-state index is 13.6. The Hall–Kier alpha value is -2.33. The molecular weight excluding hydrogens is 418 g/mol. The number of hydrogen-bond donors (Lipinski definition) is 1. The van der Waals surface area contributed by atoms with Crippen LogP contribution in [0.3, 0.4) is 0 Å². The molecule has 8 nitrogen and oxygen atoms in total. The number of methoxy groups -OCH3 is 1. The molecule has 2 aromatic rings. The van der Waals surface area contributed by atoms with Crippen LogP contribution in [-0.4, -0.2) is 49.0 Å². The Labute approximate surface area is 184 Å². The molecule has 0 spiro atoms. The van der Waals surface area contributed by atoms with E-state index in [0.717, 1.165) is 0 Å². The van der Waals surface area contributed by atoms with Crippen LogP contribution >= 0.6 is 0 Å². The van der Waals surface area contributed by atoms with E-state index in [-0.39, 0.29) is 18.0 Å². The van der Waals surface area contributed by atoms with Gasteiger partial charge in [0.15, 0.2) is 0 Å². The van der Waals surface area contributed by atoms with Gasteiger partial charge >= 0.3 is 0 Å². The van der Waals surface area contributed by atoms with Crippen LogP contribution < -0.4 is 5.48 Å². The van der Waals surface area contributed by atoms with Crippen LogP contribution in [0.4, 0.5) is 0 Å². The first kappa shape index (κ1) is 24.9. The largest absolute Gasteiger partial charge is 0.384 e. The fraction of sp³-hybridized carbons (Fsp3) is 0.455. The lowest BCUT2D eigenvalue weighted by Gasteiger charge is -2.34. The summed E-state index contributed by atoms with van der Waals surface area (Å²) in [6, 6.07) is 10.4. The molecule has 2 rings (SSSR count). The van der Waals surface area contributed by atoms with Gasteiger partial charge in [0.2, 0.25) is 10.0 Å². The zero-order valence-corrected chi connectivity index (χ0v) is 19.4. The highest BCUT2D eigenvalue weighted by Crippen LogP contribution is 2.25. The van der Waals surface area contributed by atoms with E-state index in [2.05, 4.69) is 10.5 Å². The van der Waals surface area contributed by atoms with Gasteiger partial charge in [0.1, 0.15) is 6.04 Å². The minimum Gasteiger partial charge on any atom is -0.384 e. The van der Waals surface area contributed by atoms with E-state index in [1.165, 1.54) is 23.5 Å². The van der Waals surface area contributed by atoms with Crippen LogP contribution in [0.1, 0.15) is 33.3 Å². The molecule has 0 aliphatic heterocycles. The van der Waals surface area contributed by atoms with Crippen molar-refractivity contribution in [3.05, 3.63) is 60.4 Å². The molecule has 170 valence electrons. The highest BCUT2D eigenvalue weighted by atomic mass is 32.2. The third kappa shape index (κ3) is 7.10. The molecule has 31 heavy (non-hydrogen) atoms. The van der Waals surface area contributed by atoms with Crippen LogP contribution in [0.5, 0.6) is 0 Å². The molecule has 0 saturated carbocycles. The second kappa shape index (κ2) is 10.8. The van der Waals surface area contributed by atoms with Crippen molar-refractivity contribution in [2.75, 3.05) is 13.7 Å². The summed E-state index contributed by atoms with van der Waals surface area (Å²) in [7, 11) is -2.52. The predicted octanol–water partition coefficient (Wildman–Crippen LogP) is 2.77. The Bertz CT molecular complexity index is 931. The monoisotopic (exact) mass is 449 g/mol. The molecule has 0 radical (unpaired) electrons. The summed E-state index contributed by atoms with van der Waals surface area (Å²) < 4.78 is 33.7. The number of carbonyl (C=O) groups is 1. The van der Waals surface area contributed by atoms with E-state index < -0.39 is 33.5 Å². The van der Waals surface area contributed by atoms with E-state index in [9.17, 15) is 13.2 Å². The minimum absolute atomic E-state index is 0.0350. The molecule has 1 unspecified atom stereocenters. The van der Waals surface area contributed by atoms with Crippen molar-refractivity contribution in [1.82, 2.24) is 14.8 Å². The van der Waals surface area contributed by atoms with Crippen molar-refractivity contribution < 1.29 is 22.8 Å². The van der Waals surface area contributed by atoms with Crippen LogP contribution in [0.2, 0.25) is 0 Å². The summed E-state index contributed by atoms with van der Waals surface area (Å²) >= 11 is 0. The number of hydroxylamine groups is 1. The fourth-order valence-corrected chi connectivity index (χ4v) is 4.72. The Morgan fingerprint density at radius 3 is 2.39 bits per heavy atom. The third-order valence-corrected chi connectivity index (χ3v) is 6.26. The second-order valence-corrected chi connectivity index (χ2v) is 10.2. The van der Waals surface area contributed by atoms with Gasteiger partial charge in [0.05, 0.1) is 17.1 Å². The SMILES string of the molecule is COCC(C)[C@H](C(=O)NOC(C)(C)C)N(Cc1cccnc1)S(=O)(=O)c1ccccc1. The second-order valence-electron chi connectivity index (χ2n) is 8.28. The van der Waals surface area contributed by atoms with Crippen LogP contribution in [0, 0.1) is 5.92 Å². The molecule has 0 fully saturated rings. The summed E-state index contributed by atoms with van der Waals surface area (Å²) in [6.07, 6.45) is 3.18. The van der Waals surface area contributed by atoms with Crippen LogP contribution in [0.15, 0.2) is 59.8 Å². The Balaban J connectivity index is 2.52. The third-order valence-electron chi connectivity index (χ3n) is 4.42. The van der Waals surface area contributed by atoms with Crippen molar-refractivity contribution in [3.63, 3.8) is 0 Å². The first-order chi connectivity index (χ1) is 14.6. The van der Waals surface area contributed by atoms with E-state index in [4.69, 9.17) is 9.57 Å². The average molecular weight is 450 g/mol. The van der Waals surface area contributed by atoms with Crippen LogP contribution in [0.25, 0.3) is 0 Å². The van der Waals surface area contributed by atoms with E-state index >= 15 is 0 Å². The molecule has 1 amide bonds. The topological polar surface area (TPSA) is 97.8 Å². The van der Waals surface area contributed by atoms with Gasteiger partial charge in [-0.3, -0.25) is 14.6 Å². The predicted molar refractivity (Wildman–Crippen MR) is 117 cm³/mol. The maximum Gasteiger partial charge on any atom is 0.262 e. The summed E-state index contributed by atoms with van der Waals surface area (Å²) in [5, 5.41) is 0. The molecule has 1 aromatic heterocycles. The lowest BCUT2D eigenvalue weighted by atomic mass is 10.0. The van der Waals surface area contributed by atoms with Gasteiger partial charge in [-0.1, -0.05) is 31.2 Å².